The van der Waals surface area contributed by atoms with Crippen molar-refractivity contribution in [2.45, 2.75) is 13.0 Å². The van der Waals surface area contributed by atoms with Crippen LogP contribution in [0.25, 0.3) is 22.2 Å². The van der Waals surface area contributed by atoms with Gasteiger partial charge in [-0.05, 0) is 16.3 Å². The largest absolute Gasteiger partial charge is 0.337 e. The van der Waals surface area contributed by atoms with Crippen LogP contribution < -0.4 is 0 Å². The summed E-state index contributed by atoms with van der Waals surface area (Å²) in [6.45, 7) is 0.281. The van der Waals surface area contributed by atoms with Gasteiger partial charge >= 0.3 is 0 Å². The molecule has 1 heterocycles. The molecule has 0 aliphatic rings. The minimum atomic E-state index is 0.00538. The predicted octanol–water partition coefficient (Wildman–Crippen LogP) is 4.09. The molecule has 5 heteroatoms. The molecule has 134 valence electrons. The second kappa shape index (κ2) is 7.41. The smallest absolute Gasteiger partial charge is 0.246 e. The molecular formula is C22H19N3O2. The Labute approximate surface area is 157 Å². The number of carbonyl (C=O) groups excluding carboxylic acids is 1. The number of nitrogens with zero attached hydrogens (tertiary/aromatic N) is 3. The summed E-state index contributed by atoms with van der Waals surface area (Å²) in [7, 11) is 1.75. The molecule has 0 radical (unpaired) electrons. The lowest BCUT2D eigenvalue weighted by Crippen LogP contribution is -2.27. The van der Waals surface area contributed by atoms with Crippen LogP contribution in [0.15, 0.2) is 77.3 Å². The first-order chi connectivity index (χ1) is 13.2. The molecule has 4 rings (SSSR count). The SMILES string of the molecule is CN(Cc1nc(-c2ccccc2)no1)C(=O)Cc1cccc2ccccc12. The quantitative estimate of drug-likeness (QED) is 0.540. The summed E-state index contributed by atoms with van der Waals surface area (Å²) in [6.07, 6.45) is 0.331. The van der Waals surface area contributed by atoms with E-state index < -0.39 is 0 Å². The van der Waals surface area contributed by atoms with Crippen molar-refractivity contribution in [3.8, 4) is 11.4 Å². The van der Waals surface area contributed by atoms with Crippen LogP contribution in [0.4, 0.5) is 0 Å². The van der Waals surface area contributed by atoms with Crippen LogP contribution in [0.5, 0.6) is 0 Å². The first kappa shape index (κ1) is 17.0. The summed E-state index contributed by atoms with van der Waals surface area (Å²) in [6, 6.07) is 23.7. The second-order valence-electron chi connectivity index (χ2n) is 6.44. The van der Waals surface area contributed by atoms with Gasteiger partial charge in [-0.2, -0.15) is 4.98 Å². The Morgan fingerprint density at radius 2 is 1.70 bits per heavy atom. The highest BCUT2D eigenvalue weighted by atomic mass is 16.5. The molecule has 0 spiro atoms. The number of hydrogen-bond acceptors (Lipinski definition) is 4. The number of amides is 1. The summed E-state index contributed by atoms with van der Waals surface area (Å²) >= 11 is 0. The third kappa shape index (κ3) is 3.72. The molecular weight excluding hydrogens is 338 g/mol. The van der Waals surface area contributed by atoms with Crippen molar-refractivity contribution in [3.63, 3.8) is 0 Å². The maximum absolute atomic E-state index is 12.7. The summed E-state index contributed by atoms with van der Waals surface area (Å²) in [5.74, 6) is 0.953. The van der Waals surface area contributed by atoms with Gasteiger partial charge in [-0.15, -0.1) is 0 Å². The molecule has 0 unspecified atom stereocenters. The van der Waals surface area contributed by atoms with E-state index in [1.807, 2.05) is 60.7 Å². The number of rotatable bonds is 5. The summed E-state index contributed by atoms with van der Waals surface area (Å²) < 4.78 is 5.31. The van der Waals surface area contributed by atoms with E-state index in [1.165, 1.54) is 0 Å². The molecule has 3 aromatic carbocycles. The van der Waals surface area contributed by atoms with Gasteiger partial charge in [0.2, 0.25) is 17.6 Å². The Kier molecular flexibility index (Phi) is 4.66. The number of carbonyl (C=O) groups is 1. The zero-order chi connectivity index (χ0) is 18.6. The zero-order valence-corrected chi connectivity index (χ0v) is 15.0. The van der Waals surface area contributed by atoms with E-state index in [9.17, 15) is 4.79 Å². The van der Waals surface area contributed by atoms with Crippen molar-refractivity contribution >= 4 is 16.7 Å². The third-order valence-corrected chi connectivity index (χ3v) is 4.52. The average Bonchev–Trinajstić information content (AvgIpc) is 3.17. The van der Waals surface area contributed by atoms with Gasteiger partial charge in [-0.3, -0.25) is 4.79 Å². The van der Waals surface area contributed by atoms with Gasteiger partial charge < -0.3 is 9.42 Å². The van der Waals surface area contributed by atoms with E-state index in [0.29, 0.717) is 18.1 Å². The Bertz CT molecular complexity index is 1070. The lowest BCUT2D eigenvalue weighted by Gasteiger charge is -2.15. The fraction of sp³-hybridized carbons (Fsp3) is 0.136. The maximum atomic E-state index is 12.7. The Morgan fingerprint density at radius 1 is 0.963 bits per heavy atom. The molecule has 0 aliphatic carbocycles. The van der Waals surface area contributed by atoms with Crippen molar-refractivity contribution in [3.05, 3.63) is 84.3 Å². The number of hydrogen-bond donors (Lipinski definition) is 0. The highest BCUT2D eigenvalue weighted by Gasteiger charge is 2.16. The normalized spacial score (nSPS) is 10.9. The Hall–Kier alpha value is -3.47. The van der Waals surface area contributed by atoms with E-state index in [-0.39, 0.29) is 12.5 Å². The van der Waals surface area contributed by atoms with E-state index in [0.717, 1.165) is 21.9 Å². The van der Waals surface area contributed by atoms with E-state index in [4.69, 9.17) is 4.52 Å². The van der Waals surface area contributed by atoms with Gasteiger partial charge in [-0.1, -0.05) is 78.0 Å². The maximum Gasteiger partial charge on any atom is 0.246 e. The highest BCUT2D eigenvalue weighted by molar-refractivity contribution is 5.90. The van der Waals surface area contributed by atoms with Gasteiger partial charge in [0.05, 0.1) is 13.0 Å². The topological polar surface area (TPSA) is 59.2 Å². The van der Waals surface area contributed by atoms with Crippen LogP contribution in [-0.2, 0) is 17.8 Å². The summed E-state index contributed by atoms with van der Waals surface area (Å²) in [5.41, 5.74) is 1.90. The monoisotopic (exact) mass is 357 g/mol. The Balaban J connectivity index is 1.46. The van der Waals surface area contributed by atoms with Crippen LogP contribution in [0.1, 0.15) is 11.5 Å². The Morgan fingerprint density at radius 3 is 2.56 bits per heavy atom. The van der Waals surface area contributed by atoms with Crippen LogP contribution in [0, 0.1) is 0 Å². The van der Waals surface area contributed by atoms with Gasteiger partial charge in [0.1, 0.15) is 0 Å². The second-order valence-corrected chi connectivity index (χ2v) is 6.44. The molecule has 0 saturated carbocycles. The van der Waals surface area contributed by atoms with Crippen molar-refractivity contribution in [1.82, 2.24) is 15.0 Å². The molecule has 0 atom stereocenters. The van der Waals surface area contributed by atoms with Gasteiger partial charge in [-0.25, -0.2) is 0 Å². The van der Waals surface area contributed by atoms with E-state index in [1.54, 1.807) is 11.9 Å². The molecule has 0 saturated heterocycles. The standard InChI is InChI=1S/C22H19N3O2/c1-25(15-20-23-22(24-27-20)17-9-3-2-4-10-17)21(26)14-18-12-7-11-16-8-5-6-13-19(16)18/h2-13H,14-15H2,1H3. The van der Waals surface area contributed by atoms with Gasteiger partial charge in [0.25, 0.3) is 0 Å². The molecule has 1 aromatic heterocycles. The lowest BCUT2D eigenvalue weighted by molar-refractivity contribution is -0.130. The molecule has 5 nitrogen and oxygen atoms in total. The number of likely N-dealkylation sites (N-methyl/N-ethyl adjacent to an activating group) is 1. The minimum absolute atomic E-state index is 0.00538. The van der Waals surface area contributed by atoms with E-state index in [2.05, 4.69) is 22.3 Å². The lowest BCUT2D eigenvalue weighted by atomic mass is 10.0. The van der Waals surface area contributed by atoms with Crippen molar-refractivity contribution < 1.29 is 9.32 Å². The molecule has 1 amide bonds. The number of aromatic nitrogens is 2. The average molecular weight is 357 g/mol. The van der Waals surface area contributed by atoms with Crippen molar-refractivity contribution in [1.29, 1.82) is 0 Å². The van der Waals surface area contributed by atoms with Crippen LogP contribution in [0.3, 0.4) is 0 Å². The third-order valence-electron chi connectivity index (χ3n) is 4.52. The minimum Gasteiger partial charge on any atom is -0.337 e. The molecule has 0 N–H and O–H groups in total. The zero-order valence-electron chi connectivity index (χ0n) is 15.0. The van der Waals surface area contributed by atoms with Crippen LogP contribution in [0.2, 0.25) is 0 Å². The van der Waals surface area contributed by atoms with E-state index >= 15 is 0 Å². The number of fused-ring (bicyclic) bond motifs is 1. The summed E-state index contributed by atoms with van der Waals surface area (Å²) in [4.78, 5) is 18.7. The van der Waals surface area contributed by atoms with Gasteiger partial charge in [0, 0.05) is 12.6 Å². The highest BCUT2D eigenvalue weighted by Crippen LogP contribution is 2.20. The van der Waals surface area contributed by atoms with Crippen molar-refractivity contribution in [2.24, 2.45) is 0 Å². The predicted molar refractivity (Wildman–Crippen MR) is 104 cm³/mol. The molecule has 27 heavy (non-hydrogen) atoms. The number of benzene rings is 3. The molecule has 0 bridgehead atoms. The molecule has 0 aliphatic heterocycles. The first-order valence-corrected chi connectivity index (χ1v) is 8.79. The van der Waals surface area contributed by atoms with Crippen LogP contribution in [-0.4, -0.2) is 28.0 Å². The van der Waals surface area contributed by atoms with Crippen molar-refractivity contribution in [2.75, 3.05) is 7.05 Å². The van der Waals surface area contributed by atoms with Gasteiger partial charge in [0.15, 0.2) is 0 Å². The fourth-order valence-electron chi connectivity index (χ4n) is 3.06. The van der Waals surface area contributed by atoms with Crippen LogP contribution >= 0.6 is 0 Å². The summed E-state index contributed by atoms with van der Waals surface area (Å²) in [5, 5.41) is 6.24. The first-order valence-electron chi connectivity index (χ1n) is 8.79. The molecule has 4 aromatic rings. The fourth-order valence-corrected chi connectivity index (χ4v) is 3.06. The molecule has 0 fully saturated rings.